The quantitative estimate of drug-likeness (QED) is 0.264. The van der Waals surface area contributed by atoms with Gasteiger partial charge < -0.3 is 5.84 Å². The number of fused-ring (bicyclic) bond motifs is 1. The van der Waals surface area contributed by atoms with Crippen molar-refractivity contribution < 1.29 is 0 Å². The number of nitrogen functional groups attached to an aromatic ring is 1. The van der Waals surface area contributed by atoms with Gasteiger partial charge in [-0.3, -0.25) is 4.79 Å². The minimum atomic E-state index is -0.271. The molecule has 2 heterocycles. The Morgan fingerprint density at radius 2 is 1.78 bits per heavy atom. The van der Waals surface area contributed by atoms with Crippen LogP contribution in [0.1, 0.15) is 5.56 Å². The maximum absolute atomic E-state index is 12.9. The second kappa shape index (κ2) is 7.56. The summed E-state index contributed by atoms with van der Waals surface area (Å²) in [6.07, 6.45) is 0. The van der Waals surface area contributed by atoms with Gasteiger partial charge in [0, 0.05) is 26.7 Å². The molecule has 0 fully saturated rings. The summed E-state index contributed by atoms with van der Waals surface area (Å²) >= 11 is 15.2. The van der Waals surface area contributed by atoms with Crippen LogP contribution in [0, 0.1) is 0 Å². The lowest BCUT2D eigenvalue weighted by Gasteiger charge is -2.09. The van der Waals surface area contributed by atoms with Gasteiger partial charge in [0.2, 0.25) is 0 Å². The van der Waals surface area contributed by atoms with Gasteiger partial charge in [-0.25, -0.2) is 9.66 Å². The van der Waals surface area contributed by atoms with Crippen LogP contribution >= 0.6 is 46.3 Å². The lowest BCUT2D eigenvalue weighted by Crippen LogP contribution is -2.29. The fourth-order valence-corrected chi connectivity index (χ4v) is 5.37. The molecular formula is C19H13Cl2N3OS2. The number of thiophene rings is 1. The number of nitrogens with zero attached hydrogens (tertiary/aromatic N) is 2. The maximum atomic E-state index is 12.9. The molecule has 0 saturated heterocycles. The Labute approximate surface area is 173 Å². The molecule has 4 nitrogen and oxygen atoms in total. The number of benzene rings is 2. The first-order chi connectivity index (χ1) is 13.1. The van der Waals surface area contributed by atoms with E-state index in [0.29, 0.717) is 31.2 Å². The van der Waals surface area contributed by atoms with Crippen LogP contribution in [-0.4, -0.2) is 9.66 Å². The van der Waals surface area contributed by atoms with E-state index in [1.165, 1.54) is 23.1 Å². The van der Waals surface area contributed by atoms with Crippen molar-refractivity contribution >= 4 is 56.5 Å². The normalized spacial score (nSPS) is 11.2. The minimum absolute atomic E-state index is 0.271. The molecule has 8 heteroatoms. The lowest BCUT2D eigenvalue weighted by atomic mass is 10.1. The van der Waals surface area contributed by atoms with Crippen LogP contribution in [0.15, 0.2) is 63.9 Å². The standard InChI is InChI=1S/C19H13Cl2N3OS2/c20-14-7-4-8-15(21)13(14)10-27-19-23-17-16(18(25)24(19)22)12(9-26-17)11-5-2-1-3-6-11/h1-9H,10,22H2. The Kier molecular flexibility index (Phi) is 5.14. The molecule has 0 aliphatic heterocycles. The Morgan fingerprint density at radius 1 is 1.07 bits per heavy atom. The predicted molar refractivity (Wildman–Crippen MR) is 115 cm³/mol. The number of hydrogen-bond donors (Lipinski definition) is 1. The molecule has 4 aromatic rings. The Hall–Kier alpha value is -1.99. The Balaban J connectivity index is 1.74. The summed E-state index contributed by atoms with van der Waals surface area (Å²) in [5, 5.41) is 4.04. The first kappa shape index (κ1) is 18.4. The highest BCUT2D eigenvalue weighted by Crippen LogP contribution is 2.34. The molecular weight excluding hydrogens is 421 g/mol. The number of halogens is 2. The summed E-state index contributed by atoms with van der Waals surface area (Å²) in [5.41, 5.74) is 2.33. The summed E-state index contributed by atoms with van der Waals surface area (Å²) < 4.78 is 1.09. The van der Waals surface area contributed by atoms with Gasteiger partial charge in [0.1, 0.15) is 4.83 Å². The predicted octanol–water partition coefficient (Wildman–Crippen LogP) is 5.44. The highest BCUT2D eigenvalue weighted by atomic mass is 35.5. The maximum Gasteiger partial charge on any atom is 0.282 e. The Bertz CT molecular complexity index is 1170. The molecule has 4 rings (SSSR count). The van der Waals surface area contributed by atoms with E-state index in [0.717, 1.165) is 21.4 Å². The van der Waals surface area contributed by atoms with Crippen molar-refractivity contribution in [1.29, 1.82) is 0 Å². The van der Waals surface area contributed by atoms with E-state index in [1.54, 1.807) is 18.2 Å². The van der Waals surface area contributed by atoms with Crippen molar-refractivity contribution in [1.82, 2.24) is 9.66 Å². The summed E-state index contributed by atoms with van der Waals surface area (Å²) in [6.45, 7) is 0. The third-order valence-corrected chi connectivity index (χ3v) is 6.66. The fraction of sp³-hybridized carbons (Fsp3) is 0.0526. The van der Waals surface area contributed by atoms with E-state index in [-0.39, 0.29) is 5.56 Å². The van der Waals surface area contributed by atoms with Crippen LogP contribution in [0.3, 0.4) is 0 Å². The molecule has 0 unspecified atom stereocenters. The van der Waals surface area contributed by atoms with Crippen LogP contribution in [0.2, 0.25) is 10.0 Å². The van der Waals surface area contributed by atoms with Gasteiger partial charge in [0.25, 0.3) is 5.56 Å². The molecule has 0 radical (unpaired) electrons. The fourth-order valence-electron chi connectivity index (χ4n) is 2.72. The molecule has 0 bridgehead atoms. The molecule has 0 atom stereocenters. The SMILES string of the molecule is Nn1c(SCc2c(Cl)cccc2Cl)nc2scc(-c3ccccc3)c2c1=O. The van der Waals surface area contributed by atoms with Gasteiger partial charge >= 0.3 is 0 Å². The van der Waals surface area contributed by atoms with Crippen molar-refractivity contribution in [2.75, 3.05) is 5.84 Å². The van der Waals surface area contributed by atoms with Crippen LogP contribution in [-0.2, 0) is 5.75 Å². The highest BCUT2D eigenvalue weighted by molar-refractivity contribution is 7.98. The number of nitrogens with two attached hydrogens (primary N) is 1. The van der Waals surface area contributed by atoms with Gasteiger partial charge in [-0.1, -0.05) is 71.4 Å². The smallest absolute Gasteiger partial charge is 0.282 e. The van der Waals surface area contributed by atoms with Crippen LogP contribution in [0.4, 0.5) is 0 Å². The molecule has 0 aliphatic rings. The molecule has 2 aromatic carbocycles. The molecule has 0 saturated carbocycles. The first-order valence-electron chi connectivity index (χ1n) is 7.96. The summed E-state index contributed by atoms with van der Waals surface area (Å²) in [6, 6.07) is 15.1. The number of hydrogen-bond acceptors (Lipinski definition) is 5. The zero-order chi connectivity index (χ0) is 19.0. The number of rotatable bonds is 4. The minimum Gasteiger partial charge on any atom is -0.334 e. The summed E-state index contributed by atoms with van der Waals surface area (Å²) in [4.78, 5) is 18.1. The molecule has 0 aliphatic carbocycles. The van der Waals surface area contributed by atoms with Crippen molar-refractivity contribution in [2.45, 2.75) is 10.9 Å². The largest absolute Gasteiger partial charge is 0.334 e. The topological polar surface area (TPSA) is 60.9 Å². The van der Waals surface area contributed by atoms with E-state index in [2.05, 4.69) is 4.98 Å². The van der Waals surface area contributed by atoms with Crippen LogP contribution in [0.5, 0.6) is 0 Å². The van der Waals surface area contributed by atoms with Crippen molar-refractivity contribution in [3.63, 3.8) is 0 Å². The van der Waals surface area contributed by atoms with E-state index in [4.69, 9.17) is 29.0 Å². The van der Waals surface area contributed by atoms with Gasteiger partial charge in [0.15, 0.2) is 5.16 Å². The van der Waals surface area contributed by atoms with E-state index in [1.807, 2.05) is 35.7 Å². The van der Waals surface area contributed by atoms with E-state index in [9.17, 15) is 4.79 Å². The summed E-state index contributed by atoms with van der Waals surface area (Å²) in [7, 11) is 0. The molecule has 2 aromatic heterocycles. The molecule has 0 amide bonds. The molecule has 27 heavy (non-hydrogen) atoms. The molecule has 136 valence electrons. The lowest BCUT2D eigenvalue weighted by molar-refractivity contribution is 0.782. The molecule has 2 N–H and O–H groups in total. The van der Waals surface area contributed by atoms with E-state index >= 15 is 0 Å². The average Bonchev–Trinajstić information content (AvgIpc) is 3.10. The van der Waals surface area contributed by atoms with Crippen molar-refractivity contribution in [3.05, 3.63) is 79.9 Å². The van der Waals surface area contributed by atoms with Gasteiger partial charge in [-0.15, -0.1) is 11.3 Å². The first-order valence-corrected chi connectivity index (χ1v) is 10.6. The monoisotopic (exact) mass is 433 g/mol. The van der Waals surface area contributed by atoms with Gasteiger partial charge in [0.05, 0.1) is 5.39 Å². The third-order valence-electron chi connectivity index (χ3n) is 4.10. The second-order valence-electron chi connectivity index (χ2n) is 5.75. The zero-order valence-corrected chi connectivity index (χ0v) is 17.0. The molecule has 0 spiro atoms. The number of thioether (sulfide) groups is 1. The van der Waals surface area contributed by atoms with Crippen LogP contribution in [0.25, 0.3) is 21.3 Å². The average molecular weight is 434 g/mol. The number of aromatic nitrogens is 2. The second-order valence-corrected chi connectivity index (χ2v) is 8.37. The zero-order valence-electron chi connectivity index (χ0n) is 13.9. The summed E-state index contributed by atoms with van der Waals surface area (Å²) in [5.74, 6) is 6.52. The van der Waals surface area contributed by atoms with Gasteiger partial charge in [-0.05, 0) is 23.3 Å². The van der Waals surface area contributed by atoms with Crippen molar-refractivity contribution in [2.24, 2.45) is 0 Å². The van der Waals surface area contributed by atoms with Gasteiger partial charge in [-0.2, -0.15) is 0 Å². The third kappa shape index (κ3) is 3.46. The highest BCUT2D eigenvalue weighted by Gasteiger charge is 2.17. The Morgan fingerprint density at radius 3 is 2.48 bits per heavy atom. The van der Waals surface area contributed by atoms with Crippen LogP contribution < -0.4 is 11.4 Å². The van der Waals surface area contributed by atoms with Crippen molar-refractivity contribution in [3.8, 4) is 11.1 Å². The van der Waals surface area contributed by atoms with E-state index < -0.39 is 0 Å².